The van der Waals surface area contributed by atoms with Gasteiger partial charge in [0.15, 0.2) is 16.6 Å². The summed E-state index contributed by atoms with van der Waals surface area (Å²) in [7, 11) is -3.96. The molecule has 2 aromatic carbocycles. The highest BCUT2D eigenvalue weighted by atomic mass is 35.5. The van der Waals surface area contributed by atoms with Crippen molar-refractivity contribution in [2.24, 2.45) is 5.92 Å². The van der Waals surface area contributed by atoms with Crippen LogP contribution in [-0.2, 0) is 20.0 Å². The third-order valence-corrected chi connectivity index (χ3v) is 21.0. The number of carbonyl (C=O) groups is 1. The minimum atomic E-state index is -2.02. The molecule has 1 aliphatic carbocycles. The highest BCUT2D eigenvalue weighted by Gasteiger charge is 2.48. The Morgan fingerprint density at radius 3 is 2.12 bits per heavy atom. The van der Waals surface area contributed by atoms with Gasteiger partial charge < -0.3 is 13.6 Å². The second kappa shape index (κ2) is 17.2. The van der Waals surface area contributed by atoms with Gasteiger partial charge in [-0.15, -0.1) is 11.6 Å². The molecule has 0 bridgehead atoms. The molecule has 0 N–H and O–H groups in total. The lowest BCUT2D eigenvalue weighted by Gasteiger charge is -2.40. The molecule has 3 rings (SSSR count). The number of alkyl halides is 1. The van der Waals surface area contributed by atoms with Crippen LogP contribution in [0.5, 0.6) is 0 Å². The molecule has 1 saturated carbocycles. The van der Waals surface area contributed by atoms with E-state index >= 15 is 0 Å². The van der Waals surface area contributed by atoms with Gasteiger partial charge >= 0.3 is 5.97 Å². The van der Waals surface area contributed by atoms with Crippen LogP contribution in [0.4, 0.5) is 0 Å². The summed E-state index contributed by atoms with van der Waals surface area (Å²) < 4.78 is 19.5. The van der Waals surface area contributed by atoms with Crippen molar-refractivity contribution in [2.75, 3.05) is 6.61 Å². The first-order chi connectivity index (χ1) is 22.3. The van der Waals surface area contributed by atoms with Gasteiger partial charge in [0.05, 0.1) is 24.4 Å². The largest absolute Gasteiger partial charge is 0.462 e. The molecule has 1 fully saturated rings. The van der Waals surface area contributed by atoms with Crippen molar-refractivity contribution in [3.8, 4) is 0 Å². The first kappa shape index (κ1) is 41.0. The fourth-order valence-electron chi connectivity index (χ4n) is 6.49. The van der Waals surface area contributed by atoms with Gasteiger partial charge in [-0.2, -0.15) is 0 Å². The number of halogens is 1. The topological polar surface area (TPSA) is 44.8 Å². The predicted octanol–water partition coefficient (Wildman–Crippen LogP) is 12.6. The summed E-state index contributed by atoms with van der Waals surface area (Å²) in [4.78, 5) is 12.3. The number of rotatable bonds is 16. The Hall–Kier alpha value is -1.45. The van der Waals surface area contributed by atoms with E-state index in [-0.39, 0.29) is 39.5 Å². The highest BCUT2D eigenvalue weighted by molar-refractivity contribution is 6.74. The Kier molecular flexibility index (Phi) is 14.7. The van der Waals surface area contributed by atoms with E-state index in [0.29, 0.717) is 18.1 Å². The summed E-state index contributed by atoms with van der Waals surface area (Å²) in [5.74, 6) is 0.290. The minimum Gasteiger partial charge on any atom is -0.462 e. The maximum absolute atomic E-state index is 12.3. The molecule has 0 heterocycles. The third kappa shape index (κ3) is 10.8. The zero-order valence-corrected chi connectivity index (χ0v) is 35.1. The van der Waals surface area contributed by atoms with E-state index in [1.807, 2.05) is 25.1 Å². The maximum atomic E-state index is 12.3. The summed E-state index contributed by atoms with van der Waals surface area (Å²) in [5.41, 5.74) is 4.41. The molecule has 270 valence electrons. The molecule has 0 amide bonds. The van der Waals surface area contributed by atoms with E-state index in [9.17, 15) is 4.79 Å². The summed E-state index contributed by atoms with van der Waals surface area (Å²) in [6.45, 7) is 27.9. The molecular weight excluding hydrogens is 648 g/mol. The van der Waals surface area contributed by atoms with E-state index in [1.165, 1.54) is 30.4 Å². The molecule has 0 radical (unpaired) electrons. The fraction of sp³-hybridized carbons (Fsp3) is 0.683. The molecule has 5 atom stereocenters. The fourth-order valence-corrected chi connectivity index (χ4v) is 9.62. The lowest BCUT2D eigenvalue weighted by molar-refractivity contribution is 0.0526. The van der Waals surface area contributed by atoms with Gasteiger partial charge in [0.25, 0.3) is 0 Å². The number of ether oxygens (including phenoxy) is 1. The molecule has 0 saturated heterocycles. The van der Waals surface area contributed by atoms with Crippen molar-refractivity contribution in [3.05, 3.63) is 70.8 Å². The molecule has 48 heavy (non-hydrogen) atoms. The number of hydrogen-bond acceptors (Lipinski definition) is 4. The molecule has 7 heteroatoms. The Labute approximate surface area is 301 Å². The van der Waals surface area contributed by atoms with E-state index < -0.39 is 16.6 Å². The molecule has 0 aromatic heterocycles. The van der Waals surface area contributed by atoms with Crippen molar-refractivity contribution >= 4 is 34.2 Å². The monoisotopic (exact) mass is 714 g/mol. The molecule has 1 aliphatic rings. The van der Waals surface area contributed by atoms with Crippen LogP contribution in [0, 0.1) is 5.92 Å². The zero-order valence-electron chi connectivity index (χ0n) is 32.4. The maximum Gasteiger partial charge on any atom is 0.338 e. The van der Waals surface area contributed by atoms with Crippen molar-refractivity contribution in [1.82, 2.24) is 0 Å². The SMILES string of the molecule is CCCCCC(O[Si](C)(C)C(C)(C)C)c1ccc([C@@H]2[C@@H](CCCc3cccc(C(=O)OCC)c3)[C@H](Cl)C[C@H]2O[Si](C)(C)C(C)(C)C)cc1. The average molecular weight is 716 g/mol. The summed E-state index contributed by atoms with van der Waals surface area (Å²) in [6, 6.07) is 17.3. The van der Waals surface area contributed by atoms with Gasteiger partial charge in [0.1, 0.15) is 0 Å². The predicted molar refractivity (Wildman–Crippen MR) is 210 cm³/mol. The van der Waals surface area contributed by atoms with Crippen LogP contribution in [0.2, 0.25) is 36.3 Å². The number of benzene rings is 2. The van der Waals surface area contributed by atoms with Crippen molar-refractivity contribution < 1.29 is 18.4 Å². The molecule has 0 aliphatic heterocycles. The molecule has 0 spiro atoms. The molecule has 1 unspecified atom stereocenters. The molecule has 2 aromatic rings. The van der Waals surface area contributed by atoms with Gasteiger partial charge in [-0.05, 0) is 110 Å². The van der Waals surface area contributed by atoms with Gasteiger partial charge in [-0.25, -0.2) is 4.79 Å². The van der Waals surface area contributed by atoms with Crippen LogP contribution < -0.4 is 0 Å². The van der Waals surface area contributed by atoms with E-state index in [4.69, 9.17) is 25.2 Å². The summed E-state index contributed by atoms with van der Waals surface area (Å²) in [5, 5.41) is 0.341. The number of unbranched alkanes of at least 4 members (excludes halogenated alkanes) is 2. The third-order valence-electron chi connectivity index (χ3n) is 11.5. The number of esters is 1. The van der Waals surface area contributed by atoms with Crippen LogP contribution in [0.1, 0.15) is 139 Å². The van der Waals surface area contributed by atoms with Crippen molar-refractivity contribution in [2.45, 2.75) is 167 Å². The Morgan fingerprint density at radius 1 is 0.896 bits per heavy atom. The normalized spacial score (nSPS) is 21.4. The van der Waals surface area contributed by atoms with Crippen LogP contribution >= 0.6 is 11.6 Å². The van der Waals surface area contributed by atoms with Crippen LogP contribution in [0.3, 0.4) is 0 Å². The number of carbonyl (C=O) groups excluding carboxylic acids is 1. The van der Waals surface area contributed by atoms with Crippen LogP contribution in [0.25, 0.3) is 0 Å². The van der Waals surface area contributed by atoms with Gasteiger partial charge in [0.2, 0.25) is 0 Å². The molecular formula is C41H67ClO4Si2. The lowest BCUT2D eigenvalue weighted by Crippen LogP contribution is -2.44. The first-order valence-electron chi connectivity index (χ1n) is 18.7. The standard InChI is InChI=1S/C41H67ClO4Si2/c1-13-15-16-23-36(45-47(9,10)40(3,4)5)31-24-26-32(27-25-31)38-34(35(42)29-37(38)46-48(11,12)41(6,7)8)22-18-20-30-19-17-21-33(28-30)39(43)44-14-2/h17,19,21,24-28,34-38H,13-16,18,20,22-23,29H2,1-12H3/t34-,35+,36?,37+,38+/m0/s1. The minimum absolute atomic E-state index is 0.0546. The van der Waals surface area contributed by atoms with E-state index in [0.717, 1.165) is 37.7 Å². The van der Waals surface area contributed by atoms with Crippen molar-refractivity contribution in [3.63, 3.8) is 0 Å². The quantitative estimate of drug-likeness (QED) is 0.0751. The second-order valence-corrected chi connectivity index (χ2v) is 27.3. The summed E-state index contributed by atoms with van der Waals surface area (Å²) >= 11 is 7.27. The first-order valence-corrected chi connectivity index (χ1v) is 24.9. The van der Waals surface area contributed by atoms with Crippen LogP contribution in [-0.4, -0.2) is 40.7 Å². The molecule has 4 nitrogen and oxygen atoms in total. The highest BCUT2D eigenvalue weighted by Crippen LogP contribution is 2.50. The van der Waals surface area contributed by atoms with E-state index in [2.05, 4.69) is 105 Å². The summed E-state index contributed by atoms with van der Waals surface area (Å²) in [6.07, 6.45) is 8.69. The Balaban J connectivity index is 1.89. The smallest absolute Gasteiger partial charge is 0.338 e. The van der Waals surface area contributed by atoms with Gasteiger partial charge in [0, 0.05) is 11.3 Å². The number of aryl methyl sites for hydroxylation is 1. The van der Waals surface area contributed by atoms with Gasteiger partial charge in [-0.1, -0.05) is 104 Å². The average Bonchev–Trinajstić information content (AvgIpc) is 3.29. The zero-order chi connectivity index (χ0) is 35.9. The Morgan fingerprint density at radius 2 is 1.54 bits per heavy atom. The Bertz CT molecular complexity index is 1290. The van der Waals surface area contributed by atoms with Crippen molar-refractivity contribution in [1.29, 1.82) is 0 Å². The lowest BCUT2D eigenvalue weighted by atomic mass is 9.83. The van der Waals surface area contributed by atoms with Crippen LogP contribution in [0.15, 0.2) is 48.5 Å². The van der Waals surface area contributed by atoms with E-state index in [1.54, 1.807) is 0 Å². The van der Waals surface area contributed by atoms with Gasteiger partial charge in [-0.3, -0.25) is 0 Å². The second-order valence-electron chi connectivity index (χ2n) is 17.2. The number of hydrogen-bond donors (Lipinski definition) is 0.